The van der Waals surface area contributed by atoms with Crippen LogP contribution in [0.1, 0.15) is 6.92 Å². The van der Waals surface area contributed by atoms with E-state index in [4.69, 9.17) is 10.5 Å². The van der Waals surface area contributed by atoms with Crippen LogP contribution in [0.15, 0.2) is 16.4 Å². The largest absolute Gasteiger partial charge is 0.477 e. The third-order valence-corrected chi connectivity index (χ3v) is 8.21. The van der Waals surface area contributed by atoms with Gasteiger partial charge >= 0.3 is 12.0 Å². The fourth-order valence-corrected chi connectivity index (χ4v) is 6.45. The molecule has 0 bridgehead atoms. The Morgan fingerprint density at radius 2 is 2.18 bits per heavy atom. The molecule has 33 heavy (non-hydrogen) atoms. The number of fused-ring (bicyclic) bond motifs is 1. The average Bonchev–Trinajstić information content (AvgIpc) is 3.18. The fraction of sp³-hybridized carbons (Fsp3) is 0.562. The van der Waals surface area contributed by atoms with Gasteiger partial charge in [-0.05, 0) is 21.8 Å². The van der Waals surface area contributed by atoms with E-state index in [1.807, 2.05) is 0 Å². The fourth-order valence-electron chi connectivity index (χ4n) is 3.28. The highest BCUT2D eigenvalue weighted by molar-refractivity contribution is 8.01. The number of carbonyl (C=O) groups is 4. The smallest absolute Gasteiger partial charge is 0.352 e. The Morgan fingerprint density at radius 3 is 2.73 bits per heavy atom. The van der Waals surface area contributed by atoms with Gasteiger partial charge in [0.25, 0.3) is 17.5 Å². The van der Waals surface area contributed by atoms with Crippen molar-refractivity contribution in [3.05, 3.63) is 11.3 Å². The third-order valence-electron chi connectivity index (χ3n) is 4.75. The normalized spacial score (nSPS) is 22.9. The van der Waals surface area contributed by atoms with Crippen LogP contribution in [0.2, 0.25) is 0 Å². The lowest BCUT2D eigenvalue weighted by Gasteiger charge is -2.56. The molecule has 0 aliphatic carbocycles. The zero-order chi connectivity index (χ0) is 24.3. The molecule has 3 heterocycles. The van der Waals surface area contributed by atoms with Crippen molar-refractivity contribution < 1.29 is 29.0 Å². The number of carboxylic acid groups (broad SMARTS) is 1. The molecule has 2 aliphatic rings. The number of carbonyl (C=O) groups excluding carboxylic acids is 3. The number of hydrogen-bond acceptors (Lipinski definition) is 11. The van der Waals surface area contributed by atoms with Crippen molar-refractivity contribution in [3.8, 4) is 0 Å². The number of hydrogen-bond donors (Lipinski definition) is 4. The van der Waals surface area contributed by atoms with Crippen molar-refractivity contribution in [3.63, 3.8) is 0 Å². The highest BCUT2D eigenvalue weighted by atomic mass is 32.2. The molecule has 5 N–H and O–H groups in total. The number of thioether (sulfide) groups is 3. The number of nitrogens with zero attached hydrogens (tertiary/aromatic N) is 5. The van der Waals surface area contributed by atoms with Crippen LogP contribution in [0.5, 0.6) is 0 Å². The van der Waals surface area contributed by atoms with Gasteiger partial charge in [-0.25, -0.2) is 14.3 Å². The molecule has 3 atom stereocenters. The maximum Gasteiger partial charge on any atom is 0.352 e. The van der Waals surface area contributed by atoms with E-state index in [9.17, 15) is 24.3 Å². The molecule has 0 aromatic carbocycles. The number of aryl methyl sites for hydroxylation is 1. The Labute approximate surface area is 200 Å². The zero-order valence-electron chi connectivity index (χ0n) is 17.8. The van der Waals surface area contributed by atoms with Crippen molar-refractivity contribution in [1.82, 2.24) is 35.7 Å². The number of urea groups is 1. The number of nitrogens with two attached hydrogens (primary N) is 1. The minimum absolute atomic E-state index is 0.164. The van der Waals surface area contributed by atoms with E-state index in [1.165, 1.54) is 35.3 Å². The molecule has 0 saturated carbocycles. The quantitative estimate of drug-likeness (QED) is 0.164. The van der Waals surface area contributed by atoms with Gasteiger partial charge in [-0.3, -0.25) is 14.5 Å². The van der Waals surface area contributed by atoms with Crippen LogP contribution < -0.4 is 16.4 Å². The highest BCUT2D eigenvalue weighted by Gasteiger charge is 2.66. The zero-order valence-corrected chi connectivity index (χ0v) is 20.3. The van der Waals surface area contributed by atoms with Crippen LogP contribution >= 0.6 is 35.3 Å². The maximum absolute atomic E-state index is 13.1. The second-order valence-electron chi connectivity index (χ2n) is 6.74. The first-order valence-electron chi connectivity index (χ1n) is 9.46. The van der Waals surface area contributed by atoms with E-state index < -0.39 is 40.3 Å². The predicted molar refractivity (Wildman–Crippen MR) is 120 cm³/mol. The van der Waals surface area contributed by atoms with Gasteiger partial charge in [-0.1, -0.05) is 18.7 Å². The molecule has 14 nitrogen and oxygen atoms in total. The standard InChI is InChI=1S/C16H22N8O6S3/c1-4-31-10(18-14(17)29)9(25)19-16(30-3)12(28)24-8(11(26)27)7(5-32-13(16)24)6-33-15-20-21-22-23(15)2/h10,13H,4-6H2,1-3H3,(H,19,25)(H,26,27)(H3,17,18,29)/t10?,13-,16-/m0/s1. The molecule has 1 aromatic heterocycles. The summed E-state index contributed by atoms with van der Waals surface area (Å²) >= 11 is 3.60. The van der Waals surface area contributed by atoms with Crippen LogP contribution in [0.25, 0.3) is 0 Å². The minimum atomic E-state index is -1.78. The third kappa shape index (κ3) is 4.75. The van der Waals surface area contributed by atoms with Gasteiger partial charge in [-0.15, -0.1) is 28.6 Å². The second-order valence-corrected chi connectivity index (χ2v) is 10.1. The summed E-state index contributed by atoms with van der Waals surface area (Å²) in [6.45, 7) is 1.79. The SMILES string of the molecule is CCSC(NC(N)=O)C(=O)N[C@]1(OC)C(=O)N2C(C(=O)O)=C(CSc3nnnn3C)CS[C@H]21. The summed E-state index contributed by atoms with van der Waals surface area (Å²) in [6, 6.07) is -0.896. The first-order valence-corrected chi connectivity index (χ1v) is 12.5. The van der Waals surface area contributed by atoms with Crippen molar-refractivity contribution in [2.75, 3.05) is 24.4 Å². The molecular formula is C16H22N8O6S3. The van der Waals surface area contributed by atoms with Gasteiger partial charge in [0.15, 0.2) is 5.37 Å². The average molecular weight is 519 g/mol. The molecule has 2 aliphatic heterocycles. The Bertz CT molecular complexity index is 1000. The summed E-state index contributed by atoms with van der Waals surface area (Å²) in [5.41, 5.74) is 3.71. The van der Waals surface area contributed by atoms with E-state index in [1.54, 1.807) is 14.0 Å². The number of nitrogens with one attached hydrogen (secondary N) is 2. The lowest BCUT2D eigenvalue weighted by molar-refractivity contribution is -0.192. The summed E-state index contributed by atoms with van der Waals surface area (Å²) < 4.78 is 6.86. The van der Waals surface area contributed by atoms with E-state index in [-0.39, 0.29) is 17.2 Å². The summed E-state index contributed by atoms with van der Waals surface area (Å²) in [6.07, 6.45) is 0. The van der Waals surface area contributed by atoms with Crippen LogP contribution in [-0.4, -0.2) is 94.9 Å². The molecule has 3 rings (SSSR count). The number of amides is 4. The molecule has 17 heteroatoms. The lowest BCUT2D eigenvalue weighted by Crippen LogP contribution is -2.81. The van der Waals surface area contributed by atoms with Crippen molar-refractivity contribution in [1.29, 1.82) is 0 Å². The van der Waals surface area contributed by atoms with Gasteiger partial charge in [0.05, 0.1) is 0 Å². The molecule has 1 unspecified atom stereocenters. The van der Waals surface area contributed by atoms with Crippen LogP contribution in [-0.2, 0) is 26.2 Å². The van der Waals surface area contributed by atoms with Gasteiger partial charge in [0.2, 0.25) is 5.16 Å². The number of methoxy groups -OCH3 is 1. The Kier molecular flexibility index (Phi) is 7.76. The topological polar surface area (TPSA) is 195 Å². The maximum atomic E-state index is 13.1. The van der Waals surface area contributed by atoms with Crippen LogP contribution in [0.4, 0.5) is 4.79 Å². The molecule has 1 fully saturated rings. The Morgan fingerprint density at radius 1 is 1.45 bits per heavy atom. The van der Waals surface area contributed by atoms with E-state index in [0.717, 1.165) is 16.7 Å². The van der Waals surface area contributed by atoms with Gasteiger partial charge in [0.1, 0.15) is 11.1 Å². The predicted octanol–water partition coefficient (Wildman–Crippen LogP) is -1.24. The molecule has 0 radical (unpaired) electrons. The number of rotatable bonds is 10. The van der Waals surface area contributed by atoms with Crippen molar-refractivity contribution >= 4 is 59.1 Å². The second kappa shape index (κ2) is 10.2. The van der Waals surface area contributed by atoms with Gasteiger partial charge in [-0.2, -0.15) is 0 Å². The number of tetrazole rings is 1. The van der Waals surface area contributed by atoms with Crippen molar-refractivity contribution in [2.45, 2.75) is 28.6 Å². The highest BCUT2D eigenvalue weighted by Crippen LogP contribution is 2.47. The first-order chi connectivity index (χ1) is 15.7. The summed E-state index contributed by atoms with van der Waals surface area (Å²) in [7, 11) is 2.91. The molecule has 1 aromatic rings. The van der Waals surface area contributed by atoms with E-state index in [2.05, 4.69) is 26.2 Å². The van der Waals surface area contributed by atoms with Gasteiger partial charge in [0, 0.05) is 25.7 Å². The van der Waals surface area contributed by atoms with Crippen LogP contribution in [0, 0.1) is 0 Å². The lowest BCUT2D eigenvalue weighted by atomic mass is 9.98. The van der Waals surface area contributed by atoms with Crippen molar-refractivity contribution in [2.24, 2.45) is 12.8 Å². The number of β-lactam (4-membered cyclic amide) rings is 1. The molecular weight excluding hydrogens is 496 g/mol. The number of aromatic nitrogens is 4. The Hall–Kier alpha value is -2.50. The summed E-state index contributed by atoms with van der Waals surface area (Å²) in [4.78, 5) is 50.3. The molecule has 1 saturated heterocycles. The monoisotopic (exact) mass is 518 g/mol. The molecule has 4 amide bonds. The van der Waals surface area contributed by atoms with E-state index in [0.29, 0.717) is 16.5 Å². The number of carboxylic acids is 1. The number of aliphatic carboxylic acids is 1. The Balaban J connectivity index is 1.82. The number of primary amides is 1. The summed E-state index contributed by atoms with van der Waals surface area (Å²) in [5.74, 6) is -1.66. The van der Waals surface area contributed by atoms with Crippen LogP contribution in [0.3, 0.4) is 0 Å². The van der Waals surface area contributed by atoms with E-state index >= 15 is 0 Å². The number of ether oxygens (including phenoxy) is 1. The molecule has 0 spiro atoms. The summed E-state index contributed by atoms with van der Waals surface area (Å²) in [5, 5.41) is 24.4. The minimum Gasteiger partial charge on any atom is -0.477 e. The van der Waals surface area contributed by atoms with Gasteiger partial charge < -0.3 is 26.2 Å². The molecule has 180 valence electrons. The first kappa shape index (κ1) is 25.1.